The molecule has 20 heavy (non-hydrogen) atoms. The van der Waals surface area contributed by atoms with Crippen molar-refractivity contribution in [3.05, 3.63) is 11.2 Å². The zero-order valence-electron chi connectivity index (χ0n) is 11.5. The molecule has 1 aromatic rings. The Hall–Kier alpha value is -1.60. The van der Waals surface area contributed by atoms with Gasteiger partial charge in [-0.05, 0) is 6.92 Å². The maximum Gasteiger partial charge on any atom is 0.244 e. The van der Waals surface area contributed by atoms with Crippen LogP contribution < -0.4 is 15.5 Å². The lowest BCUT2D eigenvalue weighted by atomic mass is 10.2. The number of amides is 1. The molecule has 7 nitrogen and oxygen atoms in total. The second-order valence-corrected chi connectivity index (χ2v) is 4.70. The Morgan fingerprint density at radius 2 is 2.45 bits per heavy atom. The molecular formula is C12H18ClN5O2. The molecule has 1 amide bonds. The van der Waals surface area contributed by atoms with Crippen molar-refractivity contribution in [3.8, 4) is 0 Å². The molecule has 1 unspecified atom stereocenters. The number of morpholine rings is 1. The van der Waals surface area contributed by atoms with Gasteiger partial charge in [-0.25, -0.2) is 4.98 Å². The minimum atomic E-state index is -0.435. The molecule has 0 saturated carbocycles. The molecule has 1 atom stereocenters. The predicted octanol–water partition coefficient (Wildman–Crippen LogP) is 0.513. The van der Waals surface area contributed by atoms with Crippen LogP contribution in [0.25, 0.3) is 0 Å². The third-order valence-electron chi connectivity index (χ3n) is 3.01. The minimum Gasteiger partial charge on any atom is -0.377 e. The summed E-state index contributed by atoms with van der Waals surface area (Å²) in [6.07, 6.45) is 1.54. The van der Waals surface area contributed by atoms with E-state index in [0.29, 0.717) is 43.1 Å². The average molecular weight is 300 g/mol. The molecule has 0 spiro atoms. The first-order chi connectivity index (χ1) is 9.67. The Kier molecular flexibility index (Phi) is 4.97. The van der Waals surface area contributed by atoms with Gasteiger partial charge >= 0.3 is 0 Å². The number of likely N-dealkylation sites (N-methyl/N-ethyl adjacent to an activating group) is 1. The molecule has 2 heterocycles. The van der Waals surface area contributed by atoms with Crippen LogP contribution in [0, 0.1) is 0 Å². The summed E-state index contributed by atoms with van der Waals surface area (Å²) in [4.78, 5) is 22.3. The van der Waals surface area contributed by atoms with Gasteiger partial charge in [0.2, 0.25) is 11.9 Å². The van der Waals surface area contributed by atoms with E-state index < -0.39 is 6.04 Å². The predicted molar refractivity (Wildman–Crippen MR) is 77.2 cm³/mol. The van der Waals surface area contributed by atoms with Gasteiger partial charge in [-0.3, -0.25) is 4.79 Å². The first kappa shape index (κ1) is 14.8. The molecule has 0 radical (unpaired) electrons. The molecule has 1 aromatic heterocycles. The number of nitrogens with one attached hydrogen (secondary N) is 2. The number of carbonyl (C=O) groups excluding carboxylic acids is 1. The van der Waals surface area contributed by atoms with Crippen molar-refractivity contribution < 1.29 is 9.53 Å². The van der Waals surface area contributed by atoms with Crippen LogP contribution in [0.5, 0.6) is 0 Å². The van der Waals surface area contributed by atoms with E-state index in [1.807, 2.05) is 11.8 Å². The van der Waals surface area contributed by atoms with E-state index in [2.05, 4.69) is 20.6 Å². The number of rotatable bonds is 4. The molecule has 1 aliphatic heterocycles. The summed E-state index contributed by atoms with van der Waals surface area (Å²) in [6, 6.07) is -0.435. The van der Waals surface area contributed by atoms with Crippen molar-refractivity contribution in [3.63, 3.8) is 0 Å². The first-order valence-corrected chi connectivity index (χ1v) is 6.87. The molecular weight excluding hydrogens is 282 g/mol. The topological polar surface area (TPSA) is 79.4 Å². The molecule has 1 aliphatic rings. The Bertz CT molecular complexity index is 485. The minimum absolute atomic E-state index is 0.121. The van der Waals surface area contributed by atoms with E-state index in [0.717, 1.165) is 0 Å². The third-order valence-corrected chi connectivity index (χ3v) is 3.28. The number of anilines is 2. The number of halogens is 1. The standard InChI is InChI=1S/C12H18ClN5O2/c1-3-15-12-16-6-8(13)10(17-12)18-4-5-20-7-9(18)11(19)14-2/h6,9H,3-5,7H2,1-2H3,(H,14,19)(H,15,16,17). The highest BCUT2D eigenvalue weighted by Gasteiger charge is 2.31. The van der Waals surface area contributed by atoms with Gasteiger partial charge in [0, 0.05) is 20.1 Å². The lowest BCUT2D eigenvalue weighted by Gasteiger charge is -2.35. The van der Waals surface area contributed by atoms with Crippen LogP contribution >= 0.6 is 11.6 Å². The van der Waals surface area contributed by atoms with Gasteiger partial charge in [0.1, 0.15) is 11.1 Å². The molecule has 1 fully saturated rings. The van der Waals surface area contributed by atoms with Crippen molar-refractivity contribution in [1.82, 2.24) is 15.3 Å². The summed E-state index contributed by atoms with van der Waals surface area (Å²) in [6.45, 7) is 4.07. The molecule has 1 saturated heterocycles. The highest BCUT2D eigenvalue weighted by Crippen LogP contribution is 2.26. The van der Waals surface area contributed by atoms with Crippen molar-refractivity contribution in [2.75, 3.05) is 43.6 Å². The summed E-state index contributed by atoms with van der Waals surface area (Å²) in [5.74, 6) is 0.924. The van der Waals surface area contributed by atoms with Crippen LogP contribution in [0.2, 0.25) is 5.02 Å². The molecule has 8 heteroatoms. The van der Waals surface area contributed by atoms with E-state index in [4.69, 9.17) is 16.3 Å². The zero-order chi connectivity index (χ0) is 14.5. The van der Waals surface area contributed by atoms with E-state index in [1.54, 1.807) is 7.05 Å². The van der Waals surface area contributed by atoms with E-state index in [1.165, 1.54) is 6.20 Å². The second-order valence-electron chi connectivity index (χ2n) is 4.29. The smallest absolute Gasteiger partial charge is 0.244 e. The zero-order valence-corrected chi connectivity index (χ0v) is 12.3. The number of hydrogen-bond donors (Lipinski definition) is 2. The number of aromatic nitrogens is 2. The van der Waals surface area contributed by atoms with Crippen molar-refractivity contribution in [1.29, 1.82) is 0 Å². The highest BCUT2D eigenvalue weighted by atomic mass is 35.5. The van der Waals surface area contributed by atoms with Crippen molar-refractivity contribution >= 4 is 29.3 Å². The van der Waals surface area contributed by atoms with Crippen LogP contribution in [0.3, 0.4) is 0 Å². The first-order valence-electron chi connectivity index (χ1n) is 6.49. The maximum absolute atomic E-state index is 11.9. The van der Waals surface area contributed by atoms with Gasteiger partial charge in [0.05, 0.1) is 19.4 Å². The van der Waals surface area contributed by atoms with Gasteiger partial charge in [-0.1, -0.05) is 11.6 Å². The Morgan fingerprint density at radius 3 is 3.15 bits per heavy atom. The fraction of sp³-hybridized carbons (Fsp3) is 0.583. The summed E-state index contributed by atoms with van der Waals surface area (Å²) < 4.78 is 5.37. The number of carbonyl (C=O) groups is 1. The van der Waals surface area contributed by atoms with Crippen LogP contribution in [-0.4, -0.2) is 55.3 Å². The van der Waals surface area contributed by atoms with Crippen LogP contribution in [0.1, 0.15) is 6.92 Å². The molecule has 110 valence electrons. The van der Waals surface area contributed by atoms with Gasteiger partial charge < -0.3 is 20.3 Å². The molecule has 0 aromatic carbocycles. The normalized spacial score (nSPS) is 18.8. The van der Waals surface area contributed by atoms with Crippen molar-refractivity contribution in [2.24, 2.45) is 0 Å². The van der Waals surface area contributed by atoms with E-state index in [9.17, 15) is 4.79 Å². The summed E-state index contributed by atoms with van der Waals surface area (Å²) in [5, 5.41) is 6.08. The van der Waals surface area contributed by atoms with Crippen molar-refractivity contribution in [2.45, 2.75) is 13.0 Å². The van der Waals surface area contributed by atoms with Gasteiger partial charge in [-0.15, -0.1) is 0 Å². The number of ether oxygens (including phenoxy) is 1. The van der Waals surface area contributed by atoms with E-state index >= 15 is 0 Å². The highest BCUT2D eigenvalue weighted by molar-refractivity contribution is 6.32. The van der Waals surface area contributed by atoms with Gasteiger partial charge in [0.15, 0.2) is 5.82 Å². The largest absolute Gasteiger partial charge is 0.377 e. The third kappa shape index (κ3) is 3.10. The number of nitrogens with zero attached hydrogens (tertiary/aromatic N) is 3. The molecule has 2 rings (SSSR count). The summed E-state index contributed by atoms with van der Waals surface area (Å²) in [7, 11) is 1.60. The molecule has 0 aliphatic carbocycles. The SMILES string of the molecule is CCNc1ncc(Cl)c(N2CCOCC2C(=O)NC)n1. The lowest BCUT2D eigenvalue weighted by molar-refractivity contribution is -0.124. The van der Waals surface area contributed by atoms with Crippen LogP contribution in [-0.2, 0) is 9.53 Å². The summed E-state index contributed by atoms with van der Waals surface area (Å²) >= 11 is 6.18. The lowest BCUT2D eigenvalue weighted by Crippen LogP contribution is -2.53. The maximum atomic E-state index is 11.9. The van der Waals surface area contributed by atoms with Crippen LogP contribution in [0.15, 0.2) is 6.20 Å². The number of hydrogen-bond acceptors (Lipinski definition) is 6. The van der Waals surface area contributed by atoms with E-state index in [-0.39, 0.29) is 5.91 Å². The Balaban J connectivity index is 2.31. The van der Waals surface area contributed by atoms with Crippen LogP contribution in [0.4, 0.5) is 11.8 Å². The monoisotopic (exact) mass is 299 g/mol. The average Bonchev–Trinajstić information content (AvgIpc) is 2.49. The molecule has 2 N–H and O–H groups in total. The fourth-order valence-corrected chi connectivity index (χ4v) is 2.24. The summed E-state index contributed by atoms with van der Waals surface area (Å²) in [5.41, 5.74) is 0. The fourth-order valence-electron chi connectivity index (χ4n) is 2.04. The Labute approximate surface area is 122 Å². The second kappa shape index (κ2) is 6.71. The van der Waals surface area contributed by atoms with Gasteiger partial charge in [0.25, 0.3) is 0 Å². The quantitative estimate of drug-likeness (QED) is 0.843. The molecule has 0 bridgehead atoms. The Morgan fingerprint density at radius 1 is 1.65 bits per heavy atom. The van der Waals surface area contributed by atoms with Gasteiger partial charge in [-0.2, -0.15) is 4.98 Å².